The second kappa shape index (κ2) is 5.57. The number of β-amino-alcohol motifs (C(OH)–C–C–N with tert-alkyl or cyclic N) is 1. The molecule has 2 rings (SSSR count). The fourth-order valence-electron chi connectivity index (χ4n) is 2.21. The van der Waals surface area contributed by atoms with Gasteiger partial charge in [-0.15, -0.1) is 0 Å². The lowest BCUT2D eigenvalue weighted by Crippen LogP contribution is -2.34. The van der Waals surface area contributed by atoms with Crippen molar-refractivity contribution in [2.24, 2.45) is 0 Å². The van der Waals surface area contributed by atoms with Crippen LogP contribution in [-0.2, 0) is 0 Å². The quantitative estimate of drug-likeness (QED) is 0.864. The van der Waals surface area contributed by atoms with Crippen LogP contribution in [0.25, 0.3) is 0 Å². The predicted octanol–water partition coefficient (Wildman–Crippen LogP) is 1.50. The number of carbonyl (C=O) groups is 1. The van der Waals surface area contributed by atoms with Crippen LogP contribution in [0.5, 0.6) is 0 Å². The number of aromatic nitrogens is 1. The Morgan fingerprint density at radius 2 is 2.42 bits per heavy atom. The van der Waals surface area contributed by atoms with E-state index in [0.29, 0.717) is 25.2 Å². The number of nitrogens with one attached hydrogen (secondary N) is 1. The van der Waals surface area contributed by atoms with E-state index in [1.807, 2.05) is 6.07 Å². The van der Waals surface area contributed by atoms with Gasteiger partial charge in [-0.05, 0) is 31.9 Å². The van der Waals surface area contributed by atoms with Crippen molar-refractivity contribution in [2.75, 3.05) is 25.0 Å². The molecule has 0 aromatic carbocycles. The Balaban J connectivity index is 2.07. The zero-order chi connectivity index (χ0) is 13.9. The van der Waals surface area contributed by atoms with Gasteiger partial charge in [0, 0.05) is 31.5 Å². The van der Waals surface area contributed by atoms with Gasteiger partial charge in [-0.2, -0.15) is 0 Å². The van der Waals surface area contributed by atoms with Crippen LogP contribution in [0.2, 0.25) is 0 Å². The number of aliphatic hydroxyl groups is 1. The van der Waals surface area contributed by atoms with Gasteiger partial charge in [-0.25, -0.2) is 0 Å². The Morgan fingerprint density at radius 3 is 3.05 bits per heavy atom. The fraction of sp³-hybridized carbons (Fsp3) is 0.571. The molecule has 1 saturated heterocycles. The molecular formula is C14H21N3O2. The van der Waals surface area contributed by atoms with Crippen LogP contribution in [0.1, 0.15) is 37.2 Å². The van der Waals surface area contributed by atoms with Crippen LogP contribution < -0.4 is 5.32 Å². The van der Waals surface area contributed by atoms with E-state index in [4.69, 9.17) is 0 Å². The molecule has 1 fully saturated rings. The molecule has 1 aliphatic heterocycles. The summed E-state index contributed by atoms with van der Waals surface area (Å²) in [5, 5.41) is 13.1. The summed E-state index contributed by atoms with van der Waals surface area (Å²) in [7, 11) is 0. The van der Waals surface area contributed by atoms with Gasteiger partial charge in [-0.1, -0.05) is 6.92 Å². The van der Waals surface area contributed by atoms with Gasteiger partial charge in [0.2, 0.25) is 0 Å². The molecule has 1 atom stereocenters. The molecule has 1 unspecified atom stereocenters. The maximum absolute atomic E-state index is 12.3. The van der Waals surface area contributed by atoms with E-state index in [-0.39, 0.29) is 5.91 Å². The molecule has 0 spiro atoms. The molecule has 0 radical (unpaired) electrons. The summed E-state index contributed by atoms with van der Waals surface area (Å²) >= 11 is 0. The Morgan fingerprint density at radius 1 is 1.63 bits per heavy atom. The molecule has 1 aromatic rings. The van der Waals surface area contributed by atoms with Crippen LogP contribution in [0, 0.1) is 0 Å². The van der Waals surface area contributed by atoms with Crippen molar-refractivity contribution in [1.29, 1.82) is 0 Å². The summed E-state index contributed by atoms with van der Waals surface area (Å²) in [5.41, 5.74) is 0.568. The Hall–Kier alpha value is -1.62. The molecule has 104 valence electrons. The number of likely N-dealkylation sites (tertiary alicyclic amines) is 1. The predicted molar refractivity (Wildman–Crippen MR) is 74.2 cm³/mol. The largest absolute Gasteiger partial charge is 0.388 e. The highest BCUT2D eigenvalue weighted by atomic mass is 16.3. The first-order valence-corrected chi connectivity index (χ1v) is 6.73. The number of hydrogen-bond donors (Lipinski definition) is 2. The minimum absolute atomic E-state index is 0.113. The molecule has 19 heavy (non-hydrogen) atoms. The van der Waals surface area contributed by atoms with E-state index < -0.39 is 5.60 Å². The second-order valence-corrected chi connectivity index (χ2v) is 5.33. The van der Waals surface area contributed by atoms with Gasteiger partial charge in [-0.3, -0.25) is 9.78 Å². The summed E-state index contributed by atoms with van der Waals surface area (Å²) in [5.74, 6) is -0.113. The van der Waals surface area contributed by atoms with Gasteiger partial charge >= 0.3 is 0 Å². The minimum atomic E-state index is -0.770. The Kier molecular flexibility index (Phi) is 4.04. The first-order valence-electron chi connectivity index (χ1n) is 6.73. The van der Waals surface area contributed by atoms with Crippen LogP contribution in [0.4, 0.5) is 5.69 Å². The number of rotatable bonds is 4. The molecule has 0 bridgehead atoms. The number of hydrogen-bond acceptors (Lipinski definition) is 4. The number of carbonyl (C=O) groups excluding carboxylic acids is 1. The average molecular weight is 263 g/mol. The first-order chi connectivity index (χ1) is 9.02. The third kappa shape index (κ3) is 3.44. The smallest absolute Gasteiger partial charge is 0.272 e. The Bertz CT molecular complexity index is 460. The van der Waals surface area contributed by atoms with E-state index in [1.54, 1.807) is 24.1 Å². The van der Waals surface area contributed by atoms with Crippen molar-refractivity contribution in [3.8, 4) is 0 Å². The SMILES string of the molecule is CCCNc1ccnc(C(=O)N2CCC(C)(O)C2)c1. The van der Waals surface area contributed by atoms with Crippen molar-refractivity contribution in [3.63, 3.8) is 0 Å². The van der Waals surface area contributed by atoms with Crippen LogP contribution in [0.3, 0.4) is 0 Å². The molecule has 5 heteroatoms. The van der Waals surface area contributed by atoms with Gasteiger partial charge in [0.1, 0.15) is 5.69 Å². The lowest BCUT2D eigenvalue weighted by molar-refractivity contribution is 0.0569. The lowest BCUT2D eigenvalue weighted by atomic mass is 10.1. The maximum Gasteiger partial charge on any atom is 0.272 e. The highest BCUT2D eigenvalue weighted by Crippen LogP contribution is 2.22. The maximum atomic E-state index is 12.3. The van der Waals surface area contributed by atoms with Gasteiger partial charge in [0.05, 0.1) is 5.60 Å². The van der Waals surface area contributed by atoms with Crippen LogP contribution in [0.15, 0.2) is 18.3 Å². The molecule has 5 nitrogen and oxygen atoms in total. The van der Waals surface area contributed by atoms with E-state index >= 15 is 0 Å². The van der Waals surface area contributed by atoms with Gasteiger partial charge in [0.25, 0.3) is 5.91 Å². The summed E-state index contributed by atoms with van der Waals surface area (Å²) in [6, 6.07) is 3.62. The van der Waals surface area contributed by atoms with Crippen molar-refractivity contribution in [3.05, 3.63) is 24.0 Å². The van der Waals surface area contributed by atoms with E-state index in [1.165, 1.54) is 0 Å². The molecule has 1 amide bonds. The molecule has 1 aliphatic rings. The number of nitrogens with zero attached hydrogens (tertiary/aromatic N) is 2. The summed E-state index contributed by atoms with van der Waals surface area (Å²) in [4.78, 5) is 18.1. The van der Waals surface area contributed by atoms with Gasteiger partial charge < -0.3 is 15.3 Å². The van der Waals surface area contributed by atoms with Crippen molar-refractivity contribution < 1.29 is 9.90 Å². The highest BCUT2D eigenvalue weighted by Gasteiger charge is 2.34. The van der Waals surface area contributed by atoms with Crippen molar-refractivity contribution in [2.45, 2.75) is 32.3 Å². The van der Waals surface area contributed by atoms with Gasteiger partial charge in [0.15, 0.2) is 0 Å². The van der Waals surface area contributed by atoms with Crippen molar-refractivity contribution >= 4 is 11.6 Å². The van der Waals surface area contributed by atoms with Crippen LogP contribution >= 0.6 is 0 Å². The molecular weight excluding hydrogens is 242 g/mol. The summed E-state index contributed by atoms with van der Waals surface area (Å²) in [6.45, 7) is 5.68. The fourth-order valence-corrected chi connectivity index (χ4v) is 2.21. The number of pyridine rings is 1. The summed E-state index contributed by atoms with van der Waals surface area (Å²) < 4.78 is 0. The Labute approximate surface area is 113 Å². The third-order valence-corrected chi connectivity index (χ3v) is 3.30. The molecule has 2 N–H and O–H groups in total. The molecule has 0 saturated carbocycles. The zero-order valence-corrected chi connectivity index (χ0v) is 11.5. The first kappa shape index (κ1) is 13.8. The molecule has 2 heterocycles. The topological polar surface area (TPSA) is 65.5 Å². The highest BCUT2D eigenvalue weighted by molar-refractivity contribution is 5.93. The third-order valence-electron chi connectivity index (χ3n) is 3.30. The second-order valence-electron chi connectivity index (χ2n) is 5.33. The average Bonchev–Trinajstić information content (AvgIpc) is 2.76. The zero-order valence-electron chi connectivity index (χ0n) is 11.5. The lowest BCUT2D eigenvalue weighted by Gasteiger charge is -2.18. The monoisotopic (exact) mass is 263 g/mol. The van der Waals surface area contributed by atoms with E-state index in [9.17, 15) is 9.90 Å². The molecule has 1 aromatic heterocycles. The summed E-state index contributed by atoms with van der Waals surface area (Å²) in [6.07, 6.45) is 3.28. The van der Waals surface area contributed by atoms with Crippen molar-refractivity contribution in [1.82, 2.24) is 9.88 Å². The van der Waals surface area contributed by atoms with E-state index in [2.05, 4.69) is 17.2 Å². The number of amides is 1. The molecule has 0 aliphatic carbocycles. The normalized spacial score (nSPS) is 22.6. The van der Waals surface area contributed by atoms with Crippen LogP contribution in [-0.4, -0.2) is 46.1 Å². The number of anilines is 1. The minimum Gasteiger partial charge on any atom is -0.388 e. The van der Waals surface area contributed by atoms with E-state index in [0.717, 1.165) is 18.7 Å². The standard InChI is InChI=1S/C14H21N3O2/c1-3-6-15-11-4-7-16-12(9-11)13(18)17-8-5-14(2,19)10-17/h4,7,9,19H,3,5-6,8,10H2,1-2H3,(H,15,16).